The van der Waals surface area contributed by atoms with E-state index in [4.69, 9.17) is 11.6 Å². The van der Waals surface area contributed by atoms with E-state index in [1.165, 1.54) is 16.8 Å². The predicted molar refractivity (Wildman–Crippen MR) is 82.9 cm³/mol. The van der Waals surface area contributed by atoms with Gasteiger partial charge in [0.25, 0.3) is 0 Å². The maximum atomic E-state index is 13.3. The van der Waals surface area contributed by atoms with Crippen LogP contribution in [0.25, 0.3) is 0 Å². The third kappa shape index (κ3) is 3.54. The smallest absolute Gasteiger partial charge is 0.263 e. The second-order valence-electron chi connectivity index (χ2n) is 4.58. The second-order valence-corrected chi connectivity index (χ2v) is 5.74. The lowest BCUT2D eigenvalue weighted by Crippen LogP contribution is -2.27. The lowest BCUT2D eigenvalue weighted by Gasteiger charge is -2.02. The molecular formula is C14H9ClF2N4OS. The van der Waals surface area contributed by atoms with Gasteiger partial charge in [0.15, 0.2) is 11.6 Å². The van der Waals surface area contributed by atoms with Crippen molar-refractivity contribution in [1.82, 2.24) is 13.9 Å². The van der Waals surface area contributed by atoms with Gasteiger partial charge in [-0.2, -0.15) is 0 Å². The number of aromatic amines is 1. The Bertz CT molecular complexity index is 962. The summed E-state index contributed by atoms with van der Waals surface area (Å²) in [7, 11) is 0. The standard InChI is InChI=1S/C14H9ClF2N4OS/c15-12-4-2-9(6-18-12)19-14-21(13(22)20-23-14)7-8-1-3-10(16)11(17)5-8/h1-6H,7H2,(H,20,22)/b19-14+. The molecular weight excluding hydrogens is 346 g/mol. The molecule has 0 saturated heterocycles. The Hall–Kier alpha value is -2.32. The van der Waals surface area contributed by atoms with Crippen molar-refractivity contribution in [3.05, 3.63) is 74.2 Å². The van der Waals surface area contributed by atoms with E-state index in [-0.39, 0.29) is 12.2 Å². The number of benzene rings is 1. The molecule has 0 radical (unpaired) electrons. The molecule has 1 aromatic carbocycles. The Morgan fingerprint density at radius 3 is 2.78 bits per heavy atom. The van der Waals surface area contributed by atoms with Gasteiger partial charge in [-0.3, -0.25) is 8.94 Å². The highest BCUT2D eigenvalue weighted by Crippen LogP contribution is 2.12. The summed E-state index contributed by atoms with van der Waals surface area (Å²) in [5, 5.41) is 0.334. The normalized spacial score (nSPS) is 11.9. The van der Waals surface area contributed by atoms with Crippen LogP contribution < -0.4 is 10.5 Å². The van der Waals surface area contributed by atoms with E-state index in [1.54, 1.807) is 12.1 Å². The summed E-state index contributed by atoms with van der Waals surface area (Å²) in [6.07, 6.45) is 1.47. The Kier molecular flexibility index (Phi) is 4.35. The summed E-state index contributed by atoms with van der Waals surface area (Å²) in [6, 6.07) is 6.71. The fourth-order valence-corrected chi connectivity index (χ4v) is 2.68. The minimum Gasteiger partial charge on any atom is -0.263 e. The van der Waals surface area contributed by atoms with Crippen LogP contribution >= 0.6 is 23.1 Å². The van der Waals surface area contributed by atoms with Gasteiger partial charge in [0.1, 0.15) is 5.15 Å². The van der Waals surface area contributed by atoms with Gasteiger partial charge >= 0.3 is 5.69 Å². The third-order valence-corrected chi connectivity index (χ3v) is 3.96. The number of pyridine rings is 1. The first-order valence-electron chi connectivity index (χ1n) is 6.41. The molecule has 0 saturated carbocycles. The molecule has 3 rings (SSSR count). The predicted octanol–water partition coefficient (Wildman–Crippen LogP) is 2.85. The molecule has 2 heterocycles. The number of aromatic nitrogens is 3. The van der Waals surface area contributed by atoms with E-state index >= 15 is 0 Å². The summed E-state index contributed by atoms with van der Waals surface area (Å²) >= 11 is 6.74. The zero-order valence-corrected chi connectivity index (χ0v) is 13.0. The summed E-state index contributed by atoms with van der Waals surface area (Å²) in [4.78, 5) is 20.5. The second kappa shape index (κ2) is 6.43. The zero-order chi connectivity index (χ0) is 16.4. The van der Waals surface area contributed by atoms with Crippen LogP contribution in [0.1, 0.15) is 5.56 Å². The van der Waals surface area contributed by atoms with Gasteiger partial charge in [0, 0.05) is 0 Å². The van der Waals surface area contributed by atoms with Crippen molar-refractivity contribution < 1.29 is 8.78 Å². The third-order valence-electron chi connectivity index (χ3n) is 2.97. The van der Waals surface area contributed by atoms with E-state index in [2.05, 4.69) is 14.3 Å². The van der Waals surface area contributed by atoms with Crippen LogP contribution in [0.2, 0.25) is 5.15 Å². The highest BCUT2D eigenvalue weighted by atomic mass is 35.5. The van der Waals surface area contributed by atoms with Crippen LogP contribution in [0.5, 0.6) is 0 Å². The van der Waals surface area contributed by atoms with E-state index in [9.17, 15) is 13.6 Å². The first kappa shape index (κ1) is 15.6. The van der Waals surface area contributed by atoms with Crippen molar-refractivity contribution in [1.29, 1.82) is 0 Å². The number of hydrogen-bond acceptors (Lipinski definition) is 4. The van der Waals surface area contributed by atoms with Gasteiger partial charge in [-0.05, 0) is 41.4 Å². The molecule has 5 nitrogen and oxygen atoms in total. The molecule has 0 spiro atoms. The number of H-pyrrole nitrogens is 1. The zero-order valence-electron chi connectivity index (χ0n) is 11.5. The van der Waals surface area contributed by atoms with Crippen LogP contribution in [0.3, 0.4) is 0 Å². The molecule has 0 bridgehead atoms. The minimum absolute atomic E-state index is 0.0654. The molecule has 0 aliphatic carbocycles. The number of rotatable bonds is 3. The van der Waals surface area contributed by atoms with Crippen molar-refractivity contribution in [3.63, 3.8) is 0 Å². The monoisotopic (exact) mass is 354 g/mol. The number of nitrogens with one attached hydrogen (secondary N) is 1. The first-order valence-corrected chi connectivity index (χ1v) is 7.61. The fraction of sp³-hybridized carbons (Fsp3) is 0.0714. The van der Waals surface area contributed by atoms with Crippen LogP contribution in [-0.2, 0) is 6.54 Å². The molecule has 23 heavy (non-hydrogen) atoms. The van der Waals surface area contributed by atoms with Crippen LogP contribution in [-0.4, -0.2) is 13.9 Å². The van der Waals surface area contributed by atoms with Gasteiger partial charge < -0.3 is 0 Å². The maximum absolute atomic E-state index is 13.3. The highest BCUT2D eigenvalue weighted by Gasteiger charge is 2.07. The number of halogens is 3. The first-order chi connectivity index (χ1) is 11.0. The molecule has 3 aromatic rings. The van der Waals surface area contributed by atoms with E-state index in [0.717, 1.165) is 23.7 Å². The summed E-state index contributed by atoms with van der Waals surface area (Å²) in [5.41, 5.74) is 0.576. The summed E-state index contributed by atoms with van der Waals surface area (Å²) in [6.45, 7) is 0.0654. The van der Waals surface area contributed by atoms with Gasteiger partial charge in [0.05, 0.1) is 18.4 Å². The molecule has 1 N–H and O–H groups in total. The van der Waals surface area contributed by atoms with Crippen molar-refractivity contribution in [3.8, 4) is 0 Å². The molecule has 2 aromatic heterocycles. The Morgan fingerprint density at radius 1 is 1.26 bits per heavy atom. The molecule has 0 atom stereocenters. The number of hydrogen-bond donors (Lipinski definition) is 1. The molecule has 9 heteroatoms. The van der Waals surface area contributed by atoms with Crippen molar-refractivity contribution in [2.45, 2.75) is 6.54 Å². The summed E-state index contributed by atoms with van der Waals surface area (Å²) < 4.78 is 30.1. The van der Waals surface area contributed by atoms with Gasteiger partial charge in [0.2, 0.25) is 4.80 Å². The summed E-state index contributed by atoms with van der Waals surface area (Å²) in [5.74, 6) is -1.90. The number of nitrogens with zero attached hydrogens (tertiary/aromatic N) is 3. The molecule has 0 fully saturated rings. The SMILES string of the molecule is O=c1[nH]s/c(=N/c2ccc(Cl)nc2)n1Cc1ccc(F)c(F)c1. The van der Waals surface area contributed by atoms with Crippen molar-refractivity contribution in [2.24, 2.45) is 4.99 Å². The fourth-order valence-electron chi connectivity index (χ4n) is 1.87. The molecule has 0 aliphatic heterocycles. The quantitative estimate of drug-likeness (QED) is 0.735. The molecule has 0 amide bonds. The van der Waals surface area contributed by atoms with Gasteiger partial charge in [-0.25, -0.2) is 23.6 Å². The topological polar surface area (TPSA) is 63.0 Å². The van der Waals surface area contributed by atoms with Crippen molar-refractivity contribution >= 4 is 28.8 Å². The van der Waals surface area contributed by atoms with Crippen LogP contribution in [0, 0.1) is 11.6 Å². The van der Waals surface area contributed by atoms with E-state index < -0.39 is 11.6 Å². The van der Waals surface area contributed by atoms with Crippen molar-refractivity contribution in [2.75, 3.05) is 0 Å². The minimum atomic E-state index is -0.963. The average molecular weight is 355 g/mol. The lowest BCUT2D eigenvalue weighted by atomic mass is 10.2. The van der Waals surface area contributed by atoms with Crippen LogP contribution in [0.15, 0.2) is 46.3 Å². The van der Waals surface area contributed by atoms with Gasteiger partial charge in [-0.1, -0.05) is 17.7 Å². The Morgan fingerprint density at radius 2 is 2.09 bits per heavy atom. The maximum Gasteiger partial charge on any atom is 0.337 e. The largest absolute Gasteiger partial charge is 0.337 e. The van der Waals surface area contributed by atoms with Crippen LogP contribution in [0.4, 0.5) is 14.5 Å². The molecule has 0 aliphatic rings. The molecule has 118 valence electrons. The lowest BCUT2D eigenvalue weighted by molar-refractivity contribution is 0.506. The Balaban J connectivity index is 2.00. The van der Waals surface area contributed by atoms with Gasteiger partial charge in [-0.15, -0.1) is 0 Å². The highest BCUT2D eigenvalue weighted by molar-refractivity contribution is 7.02. The Labute approximate surface area is 137 Å². The average Bonchev–Trinajstić information content (AvgIpc) is 2.86. The van der Waals surface area contributed by atoms with E-state index in [0.29, 0.717) is 21.2 Å². The van der Waals surface area contributed by atoms with E-state index in [1.807, 2.05) is 0 Å². The molecule has 0 unspecified atom stereocenters.